The van der Waals surface area contributed by atoms with Gasteiger partial charge < -0.3 is 10.4 Å². The predicted octanol–water partition coefficient (Wildman–Crippen LogP) is 3.07. The Labute approximate surface area is 115 Å². The summed E-state index contributed by atoms with van der Waals surface area (Å²) in [4.78, 5) is 12.1. The van der Waals surface area contributed by atoms with Gasteiger partial charge in [-0.25, -0.2) is 0 Å². The van der Waals surface area contributed by atoms with Crippen LogP contribution in [0.4, 0.5) is 0 Å². The van der Waals surface area contributed by atoms with E-state index in [4.69, 9.17) is 0 Å². The minimum atomic E-state index is -0.0737. The highest BCUT2D eigenvalue weighted by Gasteiger charge is 2.40. The Hall–Kier alpha value is -1.03. The fourth-order valence-corrected chi connectivity index (χ4v) is 3.57. The number of carbonyl (C=O) groups is 1. The second-order valence-corrected chi connectivity index (χ2v) is 6.28. The maximum absolute atomic E-state index is 12.1. The van der Waals surface area contributed by atoms with E-state index in [1.807, 2.05) is 0 Å². The van der Waals surface area contributed by atoms with Gasteiger partial charge in [0.05, 0.1) is 4.47 Å². The number of rotatable bonds is 2. The minimum Gasteiger partial charge on any atom is -0.507 e. The van der Waals surface area contributed by atoms with Gasteiger partial charge in [-0.05, 0) is 65.2 Å². The molecule has 0 aromatic heterocycles. The molecule has 0 saturated heterocycles. The number of phenols is 1. The normalized spacial score (nSPS) is 29.5. The lowest BCUT2D eigenvalue weighted by Gasteiger charge is -2.22. The van der Waals surface area contributed by atoms with E-state index in [9.17, 15) is 9.90 Å². The van der Waals surface area contributed by atoms with E-state index in [2.05, 4.69) is 21.2 Å². The van der Waals surface area contributed by atoms with E-state index >= 15 is 0 Å². The monoisotopic (exact) mass is 309 g/mol. The first kappa shape index (κ1) is 12.0. The number of amides is 1. The number of benzene rings is 1. The van der Waals surface area contributed by atoms with Crippen molar-refractivity contribution < 1.29 is 9.90 Å². The molecule has 2 N–H and O–H groups in total. The van der Waals surface area contributed by atoms with Crippen LogP contribution in [0.1, 0.15) is 36.0 Å². The third-order valence-corrected chi connectivity index (χ3v) is 4.93. The summed E-state index contributed by atoms with van der Waals surface area (Å²) in [6.45, 7) is 0. The van der Waals surface area contributed by atoms with Crippen molar-refractivity contribution in [2.75, 3.05) is 0 Å². The first-order chi connectivity index (χ1) is 8.63. The van der Waals surface area contributed by atoms with Gasteiger partial charge in [0, 0.05) is 11.6 Å². The van der Waals surface area contributed by atoms with Crippen LogP contribution in [0, 0.1) is 11.8 Å². The molecule has 2 bridgehead atoms. The van der Waals surface area contributed by atoms with Crippen LogP contribution in [0.2, 0.25) is 0 Å². The third-order valence-electron chi connectivity index (χ3n) is 4.26. The van der Waals surface area contributed by atoms with E-state index < -0.39 is 0 Å². The van der Waals surface area contributed by atoms with Crippen LogP contribution in [0.3, 0.4) is 0 Å². The molecule has 1 aromatic rings. The number of hydrogen-bond acceptors (Lipinski definition) is 2. The molecule has 0 spiro atoms. The second-order valence-electron chi connectivity index (χ2n) is 5.42. The van der Waals surface area contributed by atoms with Crippen molar-refractivity contribution in [1.82, 2.24) is 5.32 Å². The van der Waals surface area contributed by atoms with Crippen LogP contribution in [0.25, 0.3) is 0 Å². The SMILES string of the molecule is O=C(NC1CC2CCC1C2)c1ccc(Br)c(O)c1. The number of halogens is 1. The number of carbonyl (C=O) groups excluding carboxylic acids is 1. The van der Waals surface area contributed by atoms with Gasteiger partial charge in [0.25, 0.3) is 5.91 Å². The van der Waals surface area contributed by atoms with Crippen molar-refractivity contribution in [3.63, 3.8) is 0 Å². The maximum Gasteiger partial charge on any atom is 0.251 e. The molecule has 3 rings (SSSR count). The molecule has 3 unspecified atom stereocenters. The number of nitrogens with one attached hydrogen (secondary N) is 1. The molecule has 1 amide bonds. The highest BCUT2D eigenvalue weighted by molar-refractivity contribution is 9.10. The average Bonchev–Trinajstić information content (AvgIpc) is 2.94. The van der Waals surface area contributed by atoms with Crippen molar-refractivity contribution in [2.24, 2.45) is 11.8 Å². The lowest BCUT2D eigenvalue weighted by molar-refractivity contribution is 0.0922. The van der Waals surface area contributed by atoms with Gasteiger partial charge in [-0.2, -0.15) is 0 Å². The van der Waals surface area contributed by atoms with E-state index in [-0.39, 0.29) is 11.7 Å². The first-order valence-electron chi connectivity index (χ1n) is 6.43. The van der Waals surface area contributed by atoms with Crippen molar-refractivity contribution >= 4 is 21.8 Å². The Morgan fingerprint density at radius 1 is 1.33 bits per heavy atom. The summed E-state index contributed by atoms with van der Waals surface area (Å²) < 4.78 is 0.610. The second kappa shape index (κ2) is 4.57. The fraction of sp³-hybridized carbons (Fsp3) is 0.500. The molecule has 3 atom stereocenters. The molecular formula is C14H16BrNO2. The summed E-state index contributed by atoms with van der Waals surface area (Å²) >= 11 is 3.21. The van der Waals surface area contributed by atoms with Crippen LogP contribution in [0.15, 0.2) is 22.7 Å². The van der Waals surface area contributed by atoms with Gasteiger partial charge in [0.2, 0.25) is 0 Å². The zero-order chi connectivity index (χ0) is 12.7. The Kier molecular flexibility index (Phi) is 3.06. The highest BCUT2D eigenvalue weighted by Crippen LogP contribution is 2.44. The Morgan fingerprint density at radius 3 is 2.78 bits per heavy atom. The third kappa shape index (κ3) is 2.14. The fourth-order valence-electron chi connectivity index (χ4n) is 3.33. The largest absolute Gasteiger partial charge is 0.507 e. The Morgan fingerprint density at radius 2 is 2.17 bits per heavy atom. The molecule has 0 heterocycles. The van der Waals surface area contributed by atoms with Crippen LogP contribution in [-0.2, 0) is 0 Å². The topological polar surface area (TPSA) is 49.3 Å². The average molecular weight is 310 g/mol. The molecule has 0 aliphatic heterocycles. The van der Waals surface area contributed by atoms with Gasteiger partial charge in [-0.3, -0.25) is 4.79 Å². The summed E-state index contributed by atoms with van der Waals surface area (Å²) in [7, 11) is 0. The molecule has 96 valence electrons. The highest BCUT2D eigenvalue weighted by atomic mass is 79.9. The van der Waals surface area contributed by atoms with Crippen LogP contribution >= 0.6 is 15.9 Å². The number of hydrogen-bond donors (Lipinski definition) is 2. The summed E-state index contributed by atoms with van der Waals surface area (Å²) in [6, 6.07) is 5.27. The molecule has 2 aliphatic carbocycles. The lowest BCUT2D eigenvalue weighted by atomic mass is 9.95. The predicted molar refractivity (Wildman–Crippen MR) is 72.5 cm³/mol. The van der Waals surface area contributed by atoms with E-state index in [1.54, 1.807) is 12.1 Å². The quantitative estimate of drug-likeness (QED) is 0.882. The molecule has 2 saturated carbocycles. The van der Waals surface area contributed by atoms with Gasteiger partial charge in [0.15, 0.2) is 0 Å². The zero-order valence-electron chi connectivity index (χ0n) is 10.0. The molecule has 0 radical (unpaired) electrons. The van der Waals surface area contributed by atoms with Crippen LogP contribution in [0.5, 0.6) is 5.75 Å². The molecule has 4 heteroatoms. The van der Waals surface area contributed by atoms with Crippen molar-refractivity contribution in [2.45, 2.75) is 31.7 Å². The van der Waals surface area contributed by atoms with Gasteiger partial charge in [-0.1, -0.05) is 6.42 Å². The standard InChI is InChI=1S/C14H16BrNO2/c15-11-4-3-10(7-13(11)17)14(18)16-12-6-8-1-2-9(12)5-8/h3-4,7-9,12,17H,1-2,5-6H2,(H,16,18). The van der Waals surface area contributed by atoms with Crippen LogP contribution in [-0.4, -0.2) is 17.1 Å². The maximum atomic E-state index is 12.1. The smallest absolute Gasteiger partial charge is 0.251 e. The Balaban J connectivity index is 1.69. The summed E-state index contributed by atoms with van der Waals surface area (Å²) in [5.41, 5.74) is 0.526. The van der Waals surface area contributed by atoms with E-state index in [0.29, 0.717) is 22.0 Å². The summed E-state index contributed by atoms with van der Waals surface area (Å²) in [5, 5.41) is 12.7. The number of phenolic OH excluding ortho intramolecular Hbond substituents is 1. The van der Waals surface area contributed by atoms with Crippen molar-refractivity contribution in [1.29, 1.82) is 0 Å². The van der Waals surface area contributed by atoms with E-state index in [1.165, 1.54) is 25.3 Å². The lowest BCUT2D eigenvalue weighted by Crippen LogP contribution is -2.38. The summed E-state index contributed by atoms with van der Waals surface area (Å²) in [6.07, 6.45) is 4.98. The molecule has 18 heavy (non-hydrogen) atoms. The first-order valence-corrected chi connectivity index (χ1v) is 7.22. The zero-order valence-corrected chi connectivity index (χ0v) is 11.6. The minimum absolute atomic E-state index is 0.0737. The molecular weight excluding hydrogens is 294 g/mol. The number of fused-ring (bicyclic) bond motifs is 2. The number of aromatic hydroxyl groups is 1. The Bertz CT molecular complexity index is 489. The van der Waals surface area contributed by atoms with Gasteiger partial charge in [0.1, 0.15) is 5.75 Å². The van der Waals surface area contributed by atoms with Gasteiger partial charge >= 0.3 is 0 Å². The van der Waals surface area contributed by atoms with Crippen LogP contribution < -0.4 is 5.32 Å². The summed E-state index contributed by atoms with van der Waals surface area (Å²) in [5.74, 6) is 1.52. The molecule has 3 nitrogen and oxygen atoms in total. The molecule has 2 fully saturated rings. The van der Waals surface area contributed by atoms with Crippen molar-refractivity contribution in [3.8, 4) is 5.75 Å². The van der Waals surface area contributed by atoms with E-state index in [0.717, 1.165) is 12.3 Å². The molecule has 2 aliphatic rings. The van der Waals surface area contributed by atoms with Gasteiger partial charge in [-0.15, -0.1) is 0 Å². The molecule has 1 aromatic carbocycles. The van der Waals surface area contributed by atoms with Crippen molar-refractivity contribution in [3.05, 3.63) is 28.2 Å².